The van der Waals surface area contributed by atoms with Crippen molar-refractivity contribution in [3.05, 3.63) is 41.5 Å². The summed E-state index contributed by atoms with van der Waals surface area (Å²) in [5.41, 5.74) is -0.190. The van der Waals surface area contributed by atoms with Gasteiger partial charge < -0.3 is 10.6 Å². The number of hydrogen-bond donors (Lipinski definition) is 2. The fourth-order valence-electron chi connectivity index (χ4n) is 1.68. The minimum Gasteiger partial charge on any atom is -0.373 e. The highest BCUT2D eigenvalue weighted by Gasteiger charge is 2.15. The van der Waals surface area contributed by atoms with Crippen molar-refractivity contribution in [1.82, 2.24) is 9.97 Å². The molecule has 0 radical (unpaired) electrons. The lowest BCUT2D eigenvalue weighted by Gasteiger charge is -2.12. The number of halogens is 3. The van der Waals surface area contributed by atoms with E-state index in [1.165, 1.54) is 0 Å². The van der Waals surface area contributed by atoms with E-state index in [1.54, 1.807) is 13.1 Å². The molecule has 0 saturated heterocycles. The van der Waals surface area contributed by atoms with E-state index in [-0.39, 0.29) is 11.6 Å². The second-order valence-corrected chi connectivity index (χ2v) is 4.75. The molecule has 0 aliphatic carbocycles. The Morgan fingerprint density at radius 2 is 1.67 bits per heavy atom. The molecule has 2 aromatic rings. The average molecular weight is 296 g/mol. The highest BCUT2D eigenvalue weighted by molar-refractivity contribution is 5.60. The molecule has 21 heavy (non-hydrogen) atoms. The number of aromatic nitrogens is 2. The van der Waals surface area contributed by atoms with Gasteiger partial charge in [0.2, 0.25) is 0 Å². The Balaban J connectivity index is 2.39. The van der Waals surface area contributed by atoms with Crippen molar-refractivity contribution >= 4 is 17.3 Å². The van der Waals surface area contributed by atoms with Gasteiger partial charge in [0.15, 0.2) is 17.5 Å². The first-order valence-electron chi connectivity index (χ1n) is 6.39. The van der Waals surface area contributed by atoms with Crippen LogP contribution in [0.3, 0.4) is 0 Å². The number of nitrogens with zero attached hydrogens (tertiary/aromatic N) is 2. The highest BCUT2D eigenvalue weighted by Crippen LogP contribution is 2.24. The number of hydrogen-bond acceptors (Lipinski definition) is 4. The number of benzene rings is 1. The molecule has 1 aromatic heterocycles. The monoisotopic (exact) mass is 296 g/mol. The van der Waals surface area contributed by atoms with Crippen LogP contribution in [0.4, 0.5) is 30.5 Å². The topological polar surface area (TPSA) is 49.8 Å². The molecule has 112 valence electrons. The third kappa shape index (κ3) is 3.24. The SMILES string of the molecule is CNc1cc(Nc2ccc(F)c(F)c2F)nc(C(C)C)n1. The molecule has 0 saturated carbocycles. The fraction of sp³-hybridized carbons (Fsp3) is 0.286. The largest absolute Gasteiger partial charge is 0.373 e. The van der Waals surface area contributed by atoms with Crippen LogP contribution in [0.5, 0.6) is 0 Å². The first kappa shape index (κ1) is 15.1. The summed E-state index contributed by atoms with van der Waals surface area (Å²) in [4.78, 5) is 8.48. The first-order valence-corrected chi connectivity index (χ1v) is 6.39. The molecule has 0 amide bonds. The summed E-state index contributed by atoms with van der Waals surface area (Å²) >= 11 is 0. The van der Waals surface area contributed by atoms with E-state index in [1.807, 2.05) is 13.8 Å². The Labute approximate surface area is 120 Å². The average Bonchev–Trinajstić information content (AvgIpc) is 2.47. The molecule has 2 N–H and O–H groups in total. The summed E-state index contributed by atoms with van der Waals surface area (Å²) in [7, 11) is 1.69. The van der Waals surface area contributed by atoms with Crippen molar-refractivity contribution in [2.75, 3.05) is 17.7 Å². The summed E-state index contributed by atoms with van der Waals surface area (Å²) in [6, 6.07) is 3.51. The second kappa shape index (κ2) is 5.99. The van der Waals surface area contributed by atoms with Crippen LogP contribution in [0.25, 0.3) is 0 Å². The van der Waals surface area contributed by atoms with Gasteiger partial charge >= 0.3 is 0 Å². The zero-order chi connectivity index (χ0) is 15.6. The van der Waals surface area contributed by atoms with E-state index in [0.29, 0.717) is 17.5 Å². The molecule has 1 heterocycles. The van der Waals surface area contributed by atoms with Gasteiger partial charge in [-0.05, 0) is 12.1 Å². The minimum atomic E-state index is -1.52. The molecule has 0 spiro atoms. The summed E-state index contributed by atoms with van der Waals surface area (Å²) in [6.45, 7) is 3.83. The fourth-order valence-corrected chi connectivity index (χ4v) is 1.68. The Morgan fingerprint density at radius 1 is 1.00 bits per heavy atom. The van der Waals surface area contributed by atoms with Gasteiger partial charge in [0, 0.05) is 19.0 Å². The molecule has 0 bridgehead atoms. The van der Waals surface area contributed by atoms with E-state index in [9.17, 15) is 13.2 Å². The molecule has 0 fully saturated rings. The van der Waals surface area contributed by atoms with Crippen LogP contribution < -0.4 is 10.6 Å². The Kier molecular flexibility index (Phi) is 4.30. The lowest BCUT2D eigenvalue weighted by Crippen LogP contribution is -2.06. The summed E-state index contributed by atoms with van der Waals surface area (Å²) in [5, 5.41) is 5.50. The number of rotatable bonds is 4. The second-order valence-electron chi connectivity index (χ2n) is 4.75. The van der Waals surface area contributed by atoms with Crippen molar-refractivity contribution in [2.24, 2.45) is 0 Å². The number of nitrogens with one attached hydrogen (secondary N) is 2. The van der Waals surface area contributed by atoms with Crippen LogP contribution in [0.2, 0.25) is 0 Å². The summed E-state index contributed by atoms with van der Waals surface area (Å²) in [6.07, 6.45) is 0. The van der Waals surface area contributed by atoms with Crippen LogP contribution in [-0.4, -0.2) is 17.0 Å². The van der Waals surface area contributed by atoms with Gasteiger partial charge in [0.05, 0.1) is 5.69 Å². The van der Waals surface area contributed by atoms with E-state index < -0.39 is 17.5 Å². The van der Waals surface area contributed by atoms with Crippen molar-refractivity contribution in [3.8, 4) is 0 Å². The molecular formula is C14H15F3N4. The molecular weight excluding hydrogens is 281 g/mol. The molecule has 0 aliphatic rings. The molecule has 1 aromatic carbocycles. The minimum absolute atomic E-state index is 0.0636. The van der Waals surface area contributed by atoms with E-state index >= 15 is 0 Å². The Morgan fingerprint density at radius 3 is 2.29 bits per heavy atom. The van der Waals surface area contributed by atoms with Crippen molar-refractivity contribution < 1.29 is 13.2 Å². The summed E-state index contributed by atoms with van der Waals surface area (Å²) in [5.74, 6) is -2.60. The Hall–Kier alpha value is -2.31. The molecule has 0 aliphatic heterocycles. The van der Waals surface area contributed by atoms with Gasteiger partial charge in [-0.25, -0.2) is 23.1 Å². The zero-order valence-electron chi connectivity index (χ0n) is 11.8. The maximum Gasteiger partial charge on any atom is 0.196 e. The lowest BCUT2D eigenvalue weighted by molar-refractivity contribution is 0.449. The quantitative estimate of drug-likeness (QED) is 0.843. The van der Waals surface area contributed by atoms with Crippen LogP contribution in [0.15, 0.2) is 18.2 Å². The standard InChI is InChI=1S/C14H15F3N4/c1-7(2)14-20-10(18-3)6-11(21-14)19-9-5-4-8(15)12(16)13(9)17/h4-7H,1-3H3,(H2,18,19,20,21). The van der Waals surface area contributed by atoms with E-state index in [0.717, 1.165) is 12.1 Å². The predicted octanol–water partition coefficient (Wildman–Crippen LogP) is 3.80. The molecule has 0 unspecified atom stereocenters. The molecule has 4 nitrogen and oxygen atoms in total. The van der Waals surface area contributed by atoms with Crippen LogP contribution in [0, 0.1) is 17.5 Å². The van der Waals surface area contributed by atoms with Crippen molar-refractivity contribution in [1.29, 1.82) is 0 Å². The first-order chi connectivity index (χ1) is 9.92. The zero-order valence-corrected chi connectivity index (χ0v) is 11.8. The summed E-state index contributed by atoms with van der Waals surface area (Å²) < 4.78 is 39.8. The van der Waals surface area contributed by atoms with Gasteiger partial charge in [-0.2, -0.15) is 0 Å². The van der Waals surface area contributed by atoms with Gasteiger partial charge in [0.25, 0.3) is 0 Å². The maximum atomic E-state index is 13.7. The van der Waals surface area contributed by atoms with Crippen LogP contribution in [-0.2, 0) is 0 Å². The lowest BCUT2D eigenvalue weighted by atomic mass is 10.2. The molecule has 0 atom stereocenters. The van der Waals surface area contributed by atoms with Gasteiger partial charge in [-0.3, -0.25) is 0 Å². The van der Waals surface area contributed by atoms with E-state index in [4.69, 9.17) is 0 Å². The molecule has 2 rings (SSSR count). The van der Waals surface area contributed by atoms with Crippen LogP contribution in [0.1, 0.15) is 25.6 Å². The van der Waals surface area contributed by atoms with Gasteiger partial charge in [0.1, 0.15) is 17.5 Å². The normalized spacial score (nSPS) is 10.8. The maximum absolute atomic E-state index is 13.7. The van der Waals surface area contributed by atoms with Gasteiger partial charge in [-0.1, -0.05) is 13.8 Å². The smallest absolute Gasteiger partial charge is 0.196 e. The highest BCUT2D eigenvalue weighted by atomic mass is 19.2. The predicted molar refractivity (Wildman–Crippen MR) is 75.3 cm³/mol. The van der Waals surface area contributed by atoms with E-state index in [2.05, 4.69) is 20.6 Å². The third-order valence-electron chi connectivity index (χ3n) is 2.81. The van der Waals surface area contributed by atoms with Crippen molar-refractivity contribution in [2.45, 2.75) is 19.8 Å². The number of anilines is 3. The third-order valence-corrected chi connectivity index (χ3v) is 2.81. The van der Waals surface area contributed by atoms with Crippen molar-refractivity contribution in [3.63, 3.8) is 0 Å². The molecule has 7 heteroatoms. The van der Waals surface area contributed by atoms with Crippen LogP contribution >= 0.6 is 0 Å². The Bertz CT molecular complexity index is 659. The van der Waals surface area contributed by atoms with Gasteiger partial charge in [-0.15, -0.1) is 0 Å².